The highest BCUT2D eigenvalue weighted by Gasteiger charge is 2.14. The van der Waals surface area contributed by atoms with Crippen molar-refractivity contribution in [1.29, 1.82) is 0 Å². The second-order valence-corrected chi connectivity index (χ2v) is 4.58. The van der Waals surface area contributed by atoms with E-state index in [0.717, 1.165) is 5.69 Å². The topological polar surface area (TPSA) is 99.5 Å². The van der Waals surface area contributed by atoms with Crippen LogP contribution in [0.5, 0.6) is 5.75 Å². The minimum absolute atomic E-state index is 0.272. The maximum atomic E-state index is 12.2. The standard InChI is InChI=1S/C15H14N2O4/c1-8-3-5-11(9(2)16-8)14(19)17-10-4-6-13(18)12(7-10)15(20)21/h3-7,18H,1-2H3,(H,17,19)(H,20,21). The monoisotopic (exact) mass is 286 g/mol. The second kappa shape index (κ2) is 5.62. The van der Waals surface area contributed by atoms with Crippen LogP contribution in [0, 0.1) is 13.8 Å². The third-order valence-electron chi connectivity index (χ3n) is 2.95. The highest BCUT2D eigenvalue weighted by molar-refractivity contribution is 6.05. The van der Waals surface area contributed by atoms with Crippen LogP contribution < -0.4 is 5.32 Å². The van der Waals surface area contributed by atoms with Gasteiger partial charge in [-0.25, -0.2) is 4.79 Å². The second-order valence-electron chi connectivity index (χ2n) is 4.58. The number of carbonyl (C=O) groups excluding carboxylic acids is 1. The molecule has 1 aromatic heterocycles. The average molecular weight is 286 g/mol. The molecule has 2 aromatic rings. The minimum atomic E-state index is -1.27. The third kappa shape index (κ3) is 3.17. The highest BCUT2D eigenvalue weighted by Crippen LogP contribution is 2.22. The first-order valence-electron chi connectivity index (χ1n) is 6.20. The maximum Gasteiger partial charge on any atom is 0.339 e. The SMILES string of the molecule is Cc1ccc(C(=O)Nc2ccc(O)c(C(=O)O)c2)c(C)n1. The van der Waals surface area contributed by atoms with Gasteiger partial charge in [0.15, 0.2) is 0 Å². The first-order valence-corrected chi connectivity index (χ1v) is 6.20. The molecule has 0 fully saturated rings. The molecule has 6 nitrogen and oxygen atoms in total. The van der Waals surface area contributed by atoms with E-state index in [9.17, 15) is 14.7 Å². The van der Waals surface area contributed by atoms with E-state index in [0.29, 0.717) is 11.3 Å². The number of anilines is 1. The Bertz CT molecular complexity index is 726. The summed E-state index contributed by atoms with van der Waals surface area (Å²) in [6.45, 7) is 3.55. The van der Waals surface area contributed by atoms with Crippen LogP contribution in [0.3, 0.4) is 0 Å². The lowest BCUT2D eigenvalue weighted by Crippen LogP contribution is -2.14. The Morgan fingerprint density at radius 2 is 1.81 bits per heavy atom. The predicted molar refractivity (Wildman–Crippen MR) is 76.7 cm³/mol. The molecule has 6 heteroatoms. The fraction of sp³-hybridized carbons (Fsp3) is 0.133. The smallest absolute Gasteiger partial charge is 0.339 e. The van der Waals surface area contributed by atoms with Crippen LogP contribution in [0.2, 0.25) is 0 Å². The number of nitrogens with zero attached hydrogens (tertiary/aromatic N) is 1. The summed E-state index contributed by atoms with van der Waals surface area (Å²) in [5.74, 6) is -2.01. The van der Waals surface area contributed by atoms with Gasteiger partial charge in [-0.15, -0.1) is 0 Å². The first-order chi connectivity index (χ1) is 9.88. The Morgan fingerprint density at radius 3 is 2.43 bits per heavy atom. The van der Waals surface area contributed by atoms with Crippen molar-refractivity contribution < 1.29 is 19.8 Å². The van der Waals surface area contributed by atoms with Gasteiger partial charge in [0, 0.05) is 11.4 Å². The number of aryl methyl sites for hydroxylation is 2. The Labute approximate surface area is 121 Å². The third-order valence-corrected chi connectivity index (χ3v) is 2.95. The molecule has 108 valence electrons. The number of carbonyl (C=O) groups is 2. The van der Waals surface area contributed by atoms with Gasteiger partial charge >= 0.3 is 5.97 Å². The zero-order valence-electron chi connectivity index (χ0n) is 11.5. The Hall–Kier alpha value is -2.89. The number of amides is 1. The lowest BCUT2D eigenvalue weighted by Gasteiger charge is -2.09. The van der Waals surface area contributed by atoms with Gasteiger partial charge in [0.25, 0.3) is 5.91 Å². The van der Waals surface area contributed by atoms with Gasteiger partial charge in [-0.2, -0.15) is 0 Å². The van der Waals surface area contributed by atoms with Crippen LogP contribution in [0.25, 0.3) is 0 Å². The summed E-state index contributed by atoms with van der Waals surface area (Å²) >= 11 is 0. The minimum Gasteiger partial charge on any atom is -0.507 e. The summed E-state index contributed by atoms with van der Waals surface area (Å²) in [6.07, 6.45) is 0. The quantitative estimate of drug-likeness (QED) is 0.752. The maximum absolute atomic E-state index is 12.2. The summed E-state index contributed by atoms with van der Waals surface area (Å²) in [6, 6.07) is 7.23. The summed E-state index contributed by atoms with van der Waals surface area (Å²) in [5.41, 5.74) is 1.82. The summed E-state index contributed by atoms with van der Waals surface area (Å²) < 4.78 is 0. The van der Waals surface area contributed by atoms with Crippen molar-refractivity contribution in [2.24, 2.45) is 0 Å². The van der Waals surface area contributed by atoms with E-state index in [-0.39, 0.29) is 22.9 Å². The molecule has 1 aromatic carbocycles. The van der Waals surface area contributed by atoms with E-state index in [2.05, 4.69) is 10.3 Å². The average Bonchev–Trinajstić information content (AvgIpc) is 2.40. The lowest BCUT2D eigenvalue weighted by atomic mass is 10.1. The fourth-order valence-electron chi connectivity index (χ4n) is 1.91. The van der Waals surface area contributed by atoms with Gasteiger partial charge in [0.1, 0.15) is 11.3 Å². The molecule has 0 saturated heterocycles. The van der Waals surface area contributed by atoms with Crippen molar-refractivity contribution in [3.63, 3.8) is 0 Å². The number of hydrogen-bond acceptors (Lipinski definition) is 4. The number of hydrogen-bond donors (Lipinski definition) is 3. The van der Waals surface area contributed by atoms with Crippen LogP contribution in [-0.4, -0.2) is 27.1 Å². The number of carboxylic acids is 1. The molecule has 21 heavy (non-hydrogen) atoms. The zero-order chi connectivity index (χ0) is 15.6. The van der Waals surface area contributed by atoms with Crippen molar-refractivity contribution in [3.05, 3.63) is 52.8 Å². The predicted octanol–water partition coefficient (Wildman–Crippen LogP) is 2.35. The molecule has 0 aliphatic rings. The Balaban J connectivity index is 2.27. The number of phenols is 1. The molecular weight excluding hydrogens is 272 g/mol. The number of pyridine rings is 1. The van der Waals surface area contributed by atoms with Gasteiger partial charge in [-0.3, -0.25) is 9.78 Å². The van der Waals surface area contributed by atoms with Crippen molar-refractivity contribution in [3.8, 4) is 5.75 Å². The molecule has 0 aliphatic heterocycles. The molecule has 0 aliphatic carbocycles. The summed E-state index contributed by atoms with van der Waals surface area (Å²) in [7, 11) is 0. The number of carboxylic acid groups (broad SMARTS) is 1. The van der Waals surface area contributed by atoms with E-state index in [1.54, 1.807) is 19.1 Å². The van der Waals surface area contributed by atoms with Crippen molar-refractivity contribution in [1.82, 2.24) is 4.98 Å². The number of benzene rings is 1. The largest absolute Gasteiger partial charge is 0.507 e. The normalized spacial score (nSPS) is 10.2. The molecule has 3 N–H and O–H groups in total. The number of nitrogens with one attached hydrogen (secondary N) is 1. The molecule has 0 unspecified atom stereocenters. The van der Waals surface area contributed by atoms with Crippen LogP contribution in [0.4, 0.5) is 5.69 Å². The lowest BCUT2D eigenvalue weighted by molar-refractivity contribution is 0.0693. The van der Waals surface area contributed by atoms with Crippen molar-refractivity contribution in [2.45, 2.75) is 13.8 Å². The Morgan fingerprint density at radius 1 is 1.10 bits per heavy atom. The Kier molecular flexibility index (Phi) is 3.89. The van der Waals surface area contributed by atoms with Crippen LogP contribution in [0.15, 0.2) is 30.3 Å². The number of aromatic carboxylic acids is 1. The van der Waals surface area contributed by atoms with Gasteiger partial charge in [0.05, 0.1) is 11.3 Å². The molecule has 0 saturated carbocycles. The molecule has 0 spiro atoms. The molecule has 0 radical (unpaired) electrons. The van der Waals surface area contributed by atoms with Gasteiger partial charge in [0.2, 0.25) is 0 Å². The first kappa shape index (κ1) is 14.5. The number of aromatic hydroxyl groups is 1. The highest BCUT2D eigenvalue weighted by atomic mass is 16.4. The van der Waals surface area contributed by atoms with Crippen LogP contribution in [-0.2, 0) is 0 Å². The number of rotatable bonds is 3. The fourth-order valence-corrected chi connectivity index (χ4v) is 1.91. The van der Waals surface area contributed by atoms with Crippen LogP contribution >= 0.6 is 0 Å². The van der Waals surface area contributed by atoms with E-state index < -0.39 is 5.97 Å². The van der Waals surface area contributed by atoms with E-state index in [4.69, 9.17) is 5.11 Å². The molecule has 0 bridgehead atoms. The van der Waals surface area contributed by atoms with E-state index in [1.165, 1.54) is 18.2 Å². The van der Waals surface area contributed by atoms with E-state index in [1.807, 2.05) is 6.92 Å². The molecule has 1 amide bonds. The molecular formula is C15H14N2O4. The van der Waals surface area contributed by atoms with Crippen LogP contribution in [0.1, 0.15) is 32.1 Å². The van der Waals surface area contributed by atoms with E-state index >= 15 is 0 Å². The van der Waals surface area contributed by atoms with Crippen molar-refractivity contribution >= 4 is 17.6 Å². The molecule has 2 rings (SSSR count). The van der Waals surface area contributed by atoms with Gasteiger partial charge in [-0.1, -0.05) is 0 Å². The molecule has 0 atom stereocenters. The summed E-state index contributed by atoms with van der Waals surface area (Å²) in [4.78, 5) is 27.3. The zero-order valence-corrected chi connectivity index (χ0v) is 11.5. The van der Waals surface area contributed by atoms with Gasteiger partial charge in [-0.05, 0) is 44.2 Å². The summed E-state index contributed by atoms with van der Waals surface area (Å²) in [5, 5.41) is 20.9. The molecule has 1 heterocycles. The van der Waals surface area contributed by atoms with Gasteiger partial charge < -0.3 is 15.5 Å². The van der Waals surface area contributed by atoms with Crippen molar-refractivity contribution in [2.75, 3.05) is 5.32 Å². The number of aromatic nitrogens is 1.